The Morgan fingerprint density at radius 1 is 1.15 bits per heavy atom. The van der Waals surface area contributed by atoms with Crippen molar-refractivity contribution in [3.05, 3.63) is 29.8 Å². The highest BCUT2D eigenvalue weighted by molar-refractivity contribution is 8.14. The number of hydrogen-bond donors (Lipinski definition) is 3. The van der Waals surface area contributed by atoms with Crippen LogP contribution in [0.4, 0.5) is 0 Å². The molecule has 0 bridgehead atoms. The normalized spacial score (nSPS) is 16.9. The standard InChI is InChI=1S/C24H34N2O7S/c1-5-33-22(30)19(14-17-6-8-18(28)9-7-17)25-23(31)24(10-12-32-13-11-24)26-21(29)20(15(2)3)34-16(4)27/h6-9,15,19-20,28H,5,10-14H2,1-4H3,(H,25,31)(H,26,29)/t19-,20-/m0/s1. The van der Waals surface area contributed by atoms with Gasteiger partial charge in [-0.05, 0) is 30.5 Å². The zero-order valence-electron chi connectivity index (χ0n) is 20.1. The van der Waals surface area contributed by atoms with Gasteiger partial charge in [0.2, 0.25) is 11.8 Å². The summed E-state index contributed by atoms with van der Waals surface area (Å²) < 4.78 is 10.6. The van der Waals surface area contributed by atoms with Crippen LogP contribution in [0.25, 0.3) is 0 Å². The molecular weight excluding hydrogens is 460 g/mol. The number of carbonyl (C=O) groups excluding carboxylic acids is 4. The molecule has 0 radical (unpaired) electrons. The predicted molar refractivity (Wildman–Crippen MR) is 128 cm³/mol. The first-order valence-electron chi connectivity index (χ1n) is 11.4. The third-order valence-electron chi connectivity index (χ3n) is 5.55. The minimum absolute atomic E-state index is 0.0903. The van der Waals surface area contributed by atoms with Crippen molar-refractivity contribution in [3.63, 3.8) is 0 Å². The summed E-state index contributed by atoms with van der Waals surface area (Å²) in [4.78, 5) is 51.0. The second kappa shape index (κ2) is 12.8. The van der Waals surface area contributed by atoms with Crippen LogP contribution in [0.15, 0.2) is 24.3 Å². The fourth-order valence-corrected chi connectivity index (χ4v) is 4.50. The molecule has 188 valence electrons. The van der Waals surface area contributed by atoms with Crippen molar-refractivity contribution in [2.24, 2.45) is 5.92 Å². The minimum atomic E-state index is -1.28. The minimum Gasteiger partial charge on any atom is -0.508 e. The van der Waals surface area contributed by atoms with Gasteiger partial charge in [-0.25, -0.2) is 4.79 Å². The fourth-order valence-electron chi connectivity index (χ4n) is 3.71. The third kappa shape index (κ3) is 7.73. The average Bonchev–Trinajstić information content (AvgIpc) is 2.78. The molecule has 1 aromatic carbocycles. The molecule has 1 saturated heterocycles. The molecule has 34 heavy (non-hydrogen) atoms. The van der Waals surface area contributed by atoms with Gasteiger partial charge in [0.25, 0.3) is 0 Å². The predicted octanol–water partition coefficient (Wildman–Crippen LogP) is 1.95. The molecule has 0 spiro atoms. The molecule has 0 aliphatic carbocycles. The van der Waals surface area contributed by atoms with E-state index >= 15 is 0 Å². The van der Waals surface area contributed by atoms with Crippen LogP contribution in [0, 0.1) is 5.92 Å². The van der Waals surface area contributed by atoms with Gasteiger partial charge in [0, 0.05) is 39.4 Å². The number of thioether (sulfide) groups is 1. The SMILES string of the molecule is CCOC(=O)[C@H](Cc1ccc(O)cc1)NC(=O)C1(NC(=O)[C@@H](SC(C)=O)C(C)C)CCOCC1. The number of aromatic hydroxyl groups is 1. The van der Waals surface area contributed by atoms with Gasteiger partial charge < -0.3 is 25.2 Å². The van der Waals surface area contributed by atoms with E-state index < -0.39 is 34.6 Å². The van der Waals surface area contributed by atoms with E-state index in [2.05, 4.69) is 10.6 Å². The van der Waals surface area contributed by atoms with Crippen LogP contribution in [0.2, 0.25) is 0 Å². The van der Waals surface area contributed by atoms with Crippen molar-refractivity contribution in [2.75, 3.05) is 19.8 Å². The molecule has 1 heterocycles. The molecule has 2 atom stereocenters. The molecule has 3 N–H and O–H groups in total. The first-order valence-corrected chi connectivity index (χ1v) is 12.3. The Balaban J connectivity index is 2.26. The van der Waals surface area contributed by atoms with E-state index in [0.29, 0.717) is 0 Å². The van der Waals surface area contributed by atoms with Crippen molar-refractivity contribution >= 4 is 34.7 Å². The number of esters is 1. The van der Waals surface area contributed by atoms with Crippen molar-refractivity contribution in [1.29, 1.82) is 0 Å². The number of hydrogen-bond acceptors (Lipinski definition) is 8. The monoisotopic (exact) mass is 494 g/mol. The summed E-state index contributed by atoms with van der Waals surface area (Å²) in [7, 11) is 0. The zero-order valence-corrected chi connectivity index (χ0v) is 20.9. The highest BCUT2D eigenvalue weighted by Crippen LogP contribution is 2.26. The maximum atomic E-state index is 13.5. The lowest BCUT2D eigenvalue weighted by Crippen LogP contribution is -2.64. The van der Waals surface area contributed by atoms with Gasteiger partial charge in [0.05, 0.1) is 11.9 Å². The number of nitrogens with one attached hydrogen (secondary N) is 2. The number of ether oxygens (including phenoxy) is 2. The van der Waals surface area contributed by atoms with Gasteiger partial charge in [-0.3, -0.25) is 14.4 Å². The molecule has 0 aromatic heterocycles. The summed E-state index contributed by atoms with van der Waals surface area (Å²) in [5.74, 6) is -1.54. The number of rotatable bonds is 10. The second-order valence-electron chi connectivity index (χ2n) is 8.61. The molecule has 2 rings (SSSR count). The summed E-state index contributed by atoms with van der Waals surface area (Å²) in [6.45, 7) is 7.43. The number of benzene rings is 1. The van der Waals surface area contributed by atoms with Crippen LogP contribution < -0.4 is 10.6 Å². The van der Waals surface area contributed by atoms with E-state index in [4.69, 9.17) is 9.47 Å². The maximum absolute atomic E-state index is 13.5. The van der Waals surface area contributed by atoms with Crippen molar-refractivity contribution < 1.29 is 33.8 Å². The second-order valence-corrected chi connectivity index (χ2v) is 9.92. The highest BCUT2D eigenvalue weighted by atomic mass is 32.2. The summed E-state index contributed by atoms with van der Waals surface area (Å²) in [6.07, 6.45) is 0.615. The molecule has 1 aromatic rings. The molecule has 9 nitrogen and oxygen atoms in total. The van der Waals surface area contributed by atoms with E-state index in [0.717, 1.165) is 17.3 Å². The summed E-state index contributed by atoms with van der Waals surface area (Å²) in [5.41, 5.74) is -0.557. The Morgan fingerprint density at radius 3 is 2.29 bits per heavy atom. The lowest BCUT2D eigenvalue weighted by molar-refractivity contribution is -0.149. The Morgan fingerprint density at radius 2 is 1.76 bits per heavy atom. The van der Waals surface area contributed by atoms with Crippen molar-refractivity contribution in [1.82, 2.24) is 10.6 Å². The summed E-state index contributed by atoms with van der Waals surface area (Å²) >= 11 is 0.935. The van der Waals surface area contributed by atoms with E-state index in [1.807, 2.05) is 13.8 Å². The largest absolute Gasteiger partial charge is 0.508 e. The Kier molecular flexibility index (Phi) is 10.4. The van der Waals surface area contributed by atoms with Crippen LogP contribution in [0.3, 0.4) is 0 Å². The summed E-state index contributed by atoms with van der Waals surface area (Å²) in [6, 6.07) is 5.33. The number of phenolic OH excluding ortho intramolecular Hbond substituents is 1. The van der Waals surface area contributed by atoms with E-state index in [1.54, 1.807) is 19.1 Å². The van der Waals surface area contributed by atoms with E-state index in [-0.39, 0.29) is 55.9 Å². The van der Waals surface area contributed by atoms with Crippen LogP contribution in [-0.2, 0) is 35.1 Å². The first-order chi connectivity index (χ1) is 16.1. The molecule has 1 fully saturated rings. The average molecular weight is 495 g/mol. The van der Waals surface area contributed by atoms with Crippen LogP contribution in [0.5, 0.6) is 5.75 Å². The lowest BCUT2D eigenvalue weighted by atomic mass is 9.87. The quantitative estimate of drug-likeness (QED) is 0.421. The Hall–Kier alpha value is -2.59. The molecule has 0 saturated carbocycles. The summed E-state index contributed by atoms with van der Waals surface area (Å²) in [5, 5.41) is 14.3. The molecular formula is C24H34N2O7S. The van der Waals surface area contributed by atoms with Gasteiger partial charge in [-0.15, -0.1) is 0 Å². The molecule has 10 heteroatoms. The van der Waals surface area contributed by atoms with Crippen molar-refractivity contribution in [3.8, 4) is 5.75 Å². The third-order valence-corrected chi connectivity index (χ3v) is 6.90. The van der Waals surface area contributed by atoms with Crippen LogP contribution in [-0.4, -0.2) is 64.7 Å². The number of amides is 2. The molecule has 2 amide bonds. The lowest BCUT2D eigenvalue weighted by Gasteiger charge is -2.38. The molecule has 1 aliphatic rings. The van der Waals surface area contributed by atoms with Gasteiger partial charge >= 0.3 is 5.97 Å². The Bertz CT molecular complexity index is 867. The smallest absolute Gasteiger partial charge is 0.328 e. The first kappa shape index (κ1) is 27.7. The van der Waals surface area contributed by atoms with E-state index in [1.165, 1.54) is 19.1 Å². The molecule has 0 unspecified atom stereocenters. The van der Waals surface area contributed by atoms with Crippen molar-refractivity contribution in [2.45, 2.75) is 63.8 Å². The van der Waals surface area contributed by atoms with E-state index in [9.17, 15) is 24.3 Å². The number of carbonyl (C=O) groups is 4. The van der Waals surface area contributed by atoms with Crippen LogP contribution >= 0.6 is 11.8 Å². The topological polar surface area (TPSA) is 131 Å². The molecule has 1 aliphatic heterocycles. The number of phenols is 1. The van der Waals surface area contributed by atoms with Gasteiger partial charge in [-0.1, -0.05) is 37.7 Å². The Labute approximate surface area is 204 Å². The fraction of sp³-hybridized carbons (Fsp3) is 0.583. The zero-order chi connectivity index (χ0) is 25.3. The van der Waals surface area contributed by atoms with Gasteiger partial charge in [0.1, 0.15) is 17.3 Å². The maximum Gasteiger partial charge on any atom is 0.328 e. The van der Waals surface area contributed by atoms with Gasteiger partial charge in [-0.2, -0.15) is 0 Å². The van der Waals surface area contributed by atoms with Crippen LogP contribution in [0.1, 0.15) is 46.1 Å². The van der Waals surface area contributed by atoms with Gasteiger partial charge in [0.15, 0.2) is 5.12 Å². The highest BCUT2D eigenvalue weighted by Gasteiger charge is 2.44.